The molecule has 3 rings (SSSR count). The van der Waals surface area contributed by atoms with Crippen molar-refractivity contribution in [2.45, 2.75) is 45.6 Å². The molecule has 5 nitrogen and oxygen atoms in total. The molecule has 0 spiro atoms. The molecule has 2 aromatic carbocycles. The smallest absolute Gasteiger partial charge is 0.188 e. The van der Waals surface area contributed by atoms with E-state index in [0.717, 1.165) is 32.6 Å². The highest BCUT2D eigenvalue weighted by Crippen LogP contribution is 2.17. The summed E-state index contributed by atoms with van der Waals surface area (Å²) in [5, 5.41) is 3.21. The first kappa shape index (κ1) is 23.6. The molecule has 158 valence electrons. The monoisotopic (exact) mass is 508 g/mol. The maximum absolute atomic E-state index is 6.07. The van der Waals surface area contributed by atoms with E-state index in [-0.39, 0.29) is 36.2 Å². The molecule has 1 aliphatic rings. The van der Waals surface area contributed by atoms with Gasteiger partial charge in [0.2, 0.25) is 0 Å². The van der Waals surface area contributed by atoms with Gasteiger partial charge in [-0.2, -0.15) is 0 Å². The van der Waals surface area contributed by atoms with E-state index in [0.29, 0.717) is 12.5 Å². The summed E-state index contributed by atoms with van der Waals surface area (Å²) >= 11 is 0. The number of benzene rings is 2. The summed E-state index contributed by atoms with van der Waals surface area (Å²) < 4.78 is 5.84. The number of nitrogens with one attached hydrogen (secondary N) is 1. The van der Waals surface area contributed by atoms with Gasteiger partial charge in [0, 0.05) is 26.2 Å². The van der Waals surface area contributed by atoms with E-state index in [1.807, 2.05) is 6.07 Å². The number of nitrogens with zero attached hydrogens (tertiary/aromatic N) is 2. The molecule has 1 saturated heterocycles. The van der Waals surface area contributed by atoms with Crippen molar-refractivity contribution in [3.05, 3.63) is 71.3 Å². The van der Waals surface area contributed by atoms with Gasteiger partial charge in [0.05, 0.1) is 18.8 Å². The quantitative estimate of drug-likeness (QED) is 0.341. The highest BCUT2D eigenvalue weighted by Gasteiger charge is 2.22. The van der Waals surface area contributed by atoms with E-state index in [1.54, 1.807) is 0 Å². The number of hydrogen-bond donors (Lipinski definition) is 2. The summed E-state index contributed by atoms with van der Waals surface area (Å²) in [7, 11) is 0. The van der Waals surface area contributed by atoms with E-state index in [9.17, 15) is 0 Å². The van der Waals surface area contributed by atoms with Gasteiger partial charge in [-0.15, -0.1) is 24.0 Å². The normalized spacial score (nSPS) is 20.1. The Balaban J connectivity index is 0.00000300. The summed E-state index contributed by atoms with van der Waals surface area (Å²) in [6.45, 7) is 8.50. The second-order valence-corrected chi connectivity index (χ2v) is 7.58. The molecule has 2 aromatic rings. The molecule has 0 aromatic heterocycles. The van der Waals surface area contributed by atoms with Crippen LogP contribution in [0.2, 0.25) is 0 Å². The van der Waals surface area contributed by atoms with Gasteiger partial charge in [-0.25, -0.2) is 4.99 Å². The molecule has 1 fully saturated rings. The summed E-state index contributed by atoms with van der Waals surface area (Å²) in [6.07, 6.45) is 1.48. The molecule has 0 aliphatic carbocycles. The van der Waals surface area contributed by atoms with Gasteiger partial charge in [-0.05, 0) is 37.0 Å². The van der Waals surface area contributed by atoms with Crippen molar-refractivity contribution < 1.29 is 4.74 Å². The van der Waals surface area contributed by atoms with Crippen LogP contribution in [0.1, 0.15) is 30.5 Å². The van der Waals surface area contributed by atoms with Crippen molar-refractivity contribution in [3.8, 4) is 0 Å². The van der Waals surface area contributed by atoms with Crippen molar-refractivity contribution in [1.82, 2.24) is 10.2 Å². The predicted molar refractivity (Wildman–Crippen MR) is 131 cm³/mol. The Labute approximate surface area is 191 Å². The van der Waals surface area contributed by atoms with Crippen LogP contribution in [0.15, 0.2) is 59.6 Å². The molecule has 3 N–H and O–H groups in total. The van der Waals surface area contributed by atoms with E-state index in [1.165, 1.54) is 16.7 Å². The highest BCUT2D eigenvalue weighted by atomic mass is 127. The molecule has 0 radical (unpaired) electrons. The van der Waals surface area contributed by atoms with Gasteiger partial charge in [-0.1, -0.05) is 54.6 Å². The molecule has 2 unspecified atom stereocenters. The Morgan fingerprint density at radius 2 is 1.66 bits per heavy atom. The van der Waals surface area contributed by atoms with E-state index < -0.39 is 0 Å². The maximum Gasteiger partial charge on any atom is 0.188 e. The number of rotatable bonds is 7. The molecule has 0 saturated carbocycles. The van der Waals surface area contributed by atoms with Gasteiger partial charge >= 0.3 is 0 Å². The average Bonchev–Trinajstić information content (AvgIpc) is 2.67. The maximum atomic E-state index is 6.07. The van der Waals surface area contributed by atoms with Crippen LogP contribution in [0, 0.1) is 0 Å². The van der Waals surface area contributed by atoms with Crippen molar-refractivity contribution in [2.24, 2.45) is 10.7 Å². The summed E-state index contributed by atoms with van der Waals surface area (Å²) in [4.78, 5) is 7.01. The van der Waals surface area contributed by atoms with Crippen LogP contribution in [-0.4, -0.2) is 42.7 Å². The first-order valence-electron chi connectivity index (χ1n) is 10.1. The zero-order chi connectivity index (χ0) is 19.8. The second kappa shape index (κ2) is 12.1. The number of hydrogen-bond acceptors (Lipinski definition) is 3. The molecule has 2 atom stereocenters. The van der Waals surface area contributed by atoms with Crippen LogP contribution >= 0.6 is 24.0 Å². The van der Waals surface area contributed by atoms with Gasteiger partial charge in [0.15, 0.2) is 5.96 Å². The third kappa shape index (κ3) is 7.95. The molecule has 6 heteroatoms. The fraction of sp³-hybridized carbons (Fsp3) is 0.435. The lowest BCUT2D eigenvalue weighted by molar-refractivity contribution is -0.0705. The zero-order valence-corrected chi connectivity index (χ0v) is 19.7. The number of nitrogens with two attached hydrogens (primary N) is 1. The third-order valence-electron chi connectivity index (χ3n) is 4.99. The number of halogens is 1. The van der Waals surface area contributed by atoms with Crippen LogP contribution in [0.25, 0.3) is 0 Å². The van der Waals surface area contributed by atoms with E-state index >= 15 is 0 Å². The zero-order valence-electron chi connectivity index (χ0n) is 17.4. The van der Waals surface area contributed by atoms with Crippen molar-refractivity contribution >= 4 is 29.9 Å². The molecule has 29 heavy (non-hydrogen) atoms. The largest absolute Gasteiger partial charge is 0.373 e. The lowest BCUT2D eigenvalue weighted by Gasteiger charge is -2.35. The number of guanidine groups is 1. The van der Waals surface area contributed by atoms with Crippen LogP contribution in [-0.2, 0) is 24.2 Å². The third-order valence-corrected chi connectivity index (χ3v) is 4.99. The molecule has 1 aliphatic heterocycles. The SMILES string of the molecule is CC1CN(Cc2ccccc2CN=C(N)NCCc2ccccc2)CC(C)O1.I. The number of ether oxygens (including phenoxy) is 1. The molecule has 0 bridgehead atoms. The van der Waals surface area contributed by atoms with Crippen molar-refractivity contribution in [3.63, 3.8) is 0 Å². The van der Waals surface area contributed by atoms with Crippen LogP contribution < -0.4 is 11.1 Å². The lowest BCUT2D eigenvalue weighted by atomic mass is 10.1. The summed E-state index contributed by atoms with van der Waals surface area (Å²) in [5.74, 6) is 0.499. The minimum absolute atomic E-state index is 0. The summed E-state index contributed by atoms with van der Waals surface area (Å²) in [5.41, 5.74) is 9.90. The molecule has 1 heterocycles. The minimum Gasteiger partial charge on any atom is -0.373 e. The Morgan fingerprint density at radius 3 is 2.34 bits per heavy atom. The van der Waals surface area contributed by atoms with E-state index in [4.69, 9.17) is 10.5 Å². The fourth-order valence-electron chi connectivity index (χ4n) is 3.73. The average molecular weight is 508 g/mol. The topological polar surface area (TPSA) is 62.9 Å². The van der Waals surface area contributed by atoms with Crippen molar-refractivity contribution in [2.75, 3.05) is 19.6 Å². The van der Waals surface area contributed by atoms with Gasteiger partial charge in [0.25, 0.3) is 0 Å². The Hall–Kier alpha value is -1.64. The first-order valence-corrected chi connectivity index (χ1v) is 10.1. The number of morpholine rings is 1. The van der Waals surface area contributed by atoms with Gasteiger partial charge in [0.1, 0.15) is 0 Å². The number of aliphatic imine (C=N–C) groups is 1. The Kier molecular flexibility index (Phi) is 9.90. The Morgan fingerprint density at radius 1 is 1.03 bits per heavy atom. The van der Waals surface area contributed by atoms with Crippen LogP contribution in [0.5, 0.6) is 0 Å². The Bertz CT molecular complexity index is 758. The lowest BCUT2D eigenvalue weighted by Crippen LogP contribution is -2.44. The fourth-order valence-corrected chi connectivity index (χ4v) is 3.73. The molecular formula is C23H33IN4O. The van der Waals surface area contributed by atoms with Crippen LogP contribution in [0.3, 0.4) is 0 Å². The molecule has 0 amide bonds. The highest BCUT2D eigenvalue weighted by molar-refractivity contribution is 14.0. The van der Waals surface area contributed by atoms with Crippen molar-refractivity contribution in [1.29, 1.82) is 0 Å². The van der Waals surface area contributed by atoms with Gasteiger partial charge < -0.3 is 15.8 Å². The standard InChI is InChI=1S/C23H32N4O.HI/c1-18-15-27(16-19(2)28-18)17-22-11-7-6-10-21(22)14-26-23(24)25-13-12-20-8-4-3-5-9-20;/h3-11,18-19H,12-17H2,1-2H3,(H3,24,25,26);1H. The summed E-state index contributed by atoms with van der Waals surface area (Å²) in [6, 6.07) is 18.9. The van der Waals surface area contributed by atoms with E-state index in [2.05, 4.69) is 77.6 Å². The minimum atomic E-state index is 0. The van der Waals surface area contributed by atoms with Gasteiger partial charge in [-0.3, -0.25) is 4.90 Å². The molecular weight excluding hydrogens is 475 g/mol. The van der Waals surface area contributed by atoms with Crippen LogP contribution in [0.4, 0.5) is 0 Å². The first-order chi connectivity index (χ1) is 13.6. The predicted octanol–water partition coefficient (Wildman–Crippen LogP) is 3.56. The second-order valence-electron chi connectivity index (χ2n) is 7.58.